The first-order valence-corrected chi connectivity index (χ1v) is 12.5. The number of likely N-dealkylation sites (tertiary alicyclic amines) is 1. The number of primary amides is 1. The highest BCUT2D eigenvalue weighted by Crippen LogP contribution is 2.40. The number of nitrogens with two attached hydrogens (primary N) is 1. The number of nitrogens with zero attached hydrogens (tertiary/aromatic N) is 6. The van der Waals surface area contributed by atoms with Gasteiger partial charge in [-0.15, -0.1) is 0 Å². The third-order valence-electron chi connectivity index (χ3n) is 7.61. The number of aromatic nitrogens is 4. The number of rotatable bonds is 6. The van der Waals surface area contributed by atoms with Crippen LogP contribution in [0.5, 0.6) is 0 Å². The summed E-state index contributed by atoms with van der Waals surface area (Å²) in [5.41, 5.74) is 8.40. The van der Waals surface area contributed by atoms with Gasteiger partial charge in [0.05, 0.1) is 24.1 Å². The van der Waals surface area contributed by atoms with E-state index in [4.69, 9.17) is 10.7 Å². The van der Waals surface area contributed by atoms with E-state index in [1.807, 2.05) is 24.1 Å². The first-order chi connectivity index (χ1) is 17.5. The average Bonchev–Trinajstić information content (AvgIpc) is 3.53. The number of amides is 2. The van der Waals surface area contributed by atoms with Crippen LogP contribution in [-0.4, -0.2) is 62.1 Å². The number of nitrogens with one attached hydrogen (secondary N) is 1. The van der Waals surface area contributed by atoms with Crippen molar-refractivity contribution >= 4 is 29.1 Å². The predicted molar refractivity (Wildman–Crippen MR) is 135 cm³/mol. The highest BCUT2D eigenvalue weighted by Gasteiger charge is 2.41. The molecule has 1 saturated carbocycles. The molecule has 3 aliphatic rings. The first kappa shape index (κ1) is 22.5. The number of hydrogen-bond donors (Lipinski definition) is 2. The molecule has 3 fully saturated rings. The molecule has 10 nitrogen and oxygen atoms in total. The lowest BCUT2D eigenvalue weighted by molar-refractivity contribution is 0.0711. The Kier molecular flexibility index (Phi) is 5.58. The third-order valence-corrected chi connectivity index (χ3v) is 7.61. The maximum atomic E-state index is 13.4. The van der Waals surface area contributed by atoms with Gasteiger partial charge in [-0.05, 0) is 55.2 Å². The van der Waals surface area contributed by atoms with Gasteiger partial charge in [-0.25, -0.2) is 9.97 Å². The van der Waals surface area contributed by atoms with Crippen LogP contribution >= 0.6 is 0 Å². The molecular weight excluding hydrogens is 456 g/mol. The van der Waals surface area contributed by atoms with Crippen LogP contribution in [0.15, 0.2) is 42.9 Å². The zero-order chi connectivity index (χ0) is 24.8. The standard InChI is InChI=1S/C26H30N8O2/c1-32-14-20(12-29-32)30-25-23(24(27)35)28-13-22(31-25)33-10-8-18-9-11-34(21(18)15-33)26(36)19-6-4-17(5-7-19)16-2-3-16/h4-7,12-14,16,18,21H,2-3,8-11,15H2,1H3,(H2,27,35)(H,30,31). The molecule has 2 aliphatic heterocycles. The van der Waals surface area contributed by atoms with Gasteiger partial charge in [0.25, 0.3) is 11.8 Å². The van der Waals surface area contributed by atoms with Gasteiger partial charge in [0.2, 0.25) is 0 Å². The molecule has 0 radical (unpaired) electrons. The van der Waals surface area contributed by atoms with Crippen molar-refractivity contribution in [1.82, 2.24) is 24.6 Å². The molecule has 36 heavy (non-hydrogen) atoms. The Bertz CT molecular complexity index is 1300. The Balaban J connectivity index is 1.21. The molecule has 2 saturated heterocycles. The lowest BCUT2D eigenvalue weighted by Crippen LogP contribution is -2.50. The number of carbonyl (C=O) groups is 2. The monoisotopic (exact) mass is 486 g/mol. The number of hydrogen-bond acceptors (Lipinski definition) is 7. The second-order valence-corrected chi connectivity index (χ2v) is 10.1. The number of fused-ring (bicyclic) bond motifs is 1. The first-order valence-electron chi connectivity index (χ1n) is 12.5. The van der Waals surface area contributed by atoms with Gasteiger partial charge in [-0.3, -0.25) is 14.3 Å². The molecule has 6 rings (SSSR count). The normalized spacial score (nSPS) is 21.4. The van der Waals surface area contributed by atoms with Crippen molar-refractivity contribution in [2.24, 2.45) is 18.7 Å². The van der Waals surface area contributed by atoms with Gasteiger partial charge in [0, 0.05) is 38.4 Å². The van der Waals surface area contributed by atoms with Crippen molar-refractivity contribution in [2.45, 2.75) is 37.6 Å². The number of benzene rings is 1. The van der Waals surface area contributed by atoms with Gasteiger partial charge in [0.1, 0.15) is 5.82 Å². The second-order valence-electron chi connectivity index (χ2n) is 10.1. The Morgan fingerprint density at radius 1 is 1.06 bits per heavy atom. The molecule has 1 aliphatic carbocycles. The second kappa shape index (κ2) is 8.92. The summed E-state index contributed by atoms with van der Waals surface area (Å²) in [7, 11) is 1.81. The van der Waals surface area contributed by atoms with Crippen molar-refractivity contribution in [2.75, 3.05) is 29.9 Å². The largest absolute Gasteiger partial charge is 0.364 e. The fourth-order valence-electron chi connectivity index (χ4n) is 5.50. The SMILES string of the molecule is Cn1cc(Nc2nc(N3CCC4CCN(C(=O)c5ccc(C6CC6)cc5)C4C3)cnc2C(N)=O)cn1. The van der Waals surface area contributed by atoms with E-state index < -0.39 is 5.91 Å². The van der Waals surface area contributed by atoms with Gasteiger partial charge in [-0.1, -0.05) is 12.1 Å². The molecule has 0 bridgehead atoms. The molecule has 2 amide bonds. The van der Waals surface area contributed by atoms with Crippen molar-refractivity contribution in [3.05, 3.63) is 59.7 Å². The van der Waals surface area contributed by atoms with Crippen LogP contribution in [0.25, 0.3) is 0 Å². The lowest BCUT2D eigenvalue weighted by Gasteiger charge is -2.39. The maximum Gasteiger partial charge on any atom is 0.271 e. The van der Waals surface area contributed by atoms with Crippen LogP contribution < -0.4 is 16.0 Å². The Morgan fingerprint density at radius 2 is 1.83 bits per heavy atom. The van der Waals surface area contributed by atoms with E-state index in [1.54, 1.807) is 23.3 Å². The predicted octanol–water partition coefficient (Wildman–Crippen LogP) is 2.67. The molecule has 10 heteroatoms. The molecule has 2 aromatic heterocycles. The molecule has 2 unspecified atom stereocenters. The van der Waals surface area contributed by atoms with Crippen LogP contribution in [0.2, 0.25) is 0 Å². The van der Waals surface area contributed by atoms with Crippen LogP contribution in [-0.2, 0) is 7.05 Å². The molecule has 186 valence electrons. The molecule has 0 spiro atoms. The van der Waals surface area contributed by atoms with Gasteiger partial charge >= 0.3 is 0 Å². The van der Waals surface area contributed by atoms with Crippen molar-refractivity contribution in [3.8, 4) is 0 Å². The smallest absolute Gasteiger partial charge is 0.271 e. The topological polar surface area (TPSA) is 122 Å². The zero-order valence-electron chi connectivity index (χ0n) is 20.3. The van der Waals surface area contributed by atoms with Crippen molar-refractivity contribution < 1.29 is 9.59 Å². The highest BCUT2D eigenvalue weighted by atomic mass is 16.2. The van der Waals surface area contributed by atoms with Crippen LogP contribution in [0.3, 0.4) is 0 Å². The Morgan fingerprint density at radius 3 is 2.53 bits per heavy atom. The van der Waals surface area contributed by atoms with E-state index in [1.165, 1.54) is 18.4 Å². The van der Waals surface area contributed by atoms with E-state index in [0.717, 1.165) is 31.5 Å². The zero-order valence-corrected chi connectivity index (χ0v) is 20.3. The number of aryl methyl sites for hydroxylation is 1. The van der Waals surface area contributed by atoms with Gasteiger partial charge < -0.3 is 20.9 Å². The molecular formula is C26H30N8O2. The molecule has 3 aromatic rings. The number of anilines is 3. The average molecular weight is 487 g/mol. The quantitative estimate of drug-likeness (QED) is 0.549. The Labute approximate surface area is 209 Å². The highest BCUT2D eigenvalue weighted by molar-refractivity contribution is 5.96. The van der Waals surface area contributed by atoms with Gasteiger partial charge in [0.15, 0.2) is 11.5 Å². The summed E-state index contributed by atoms with van der Waals surface area (Å²) in [5, 5.41) is 7.26. The minimum absolute atomic E-state index is 0.0739. The summed E-state index contributed by atoms with van der Waals surface area (Å²) in [5.74, 6) is 1.54. The van der Waals surface area contributed by atoms with E-state index in [-0.39, 0.29) is 17.6 Å². The van der Waals surface area contributed by atoms with Crippen molar-refractivity contribution in [3.63, 3.8) is 0 Å². The van der Waals surface area contributed by atoms with Gasteiger partial charge in [-0.2, -0.15) is 5.10 Å². The number of carbonyl (C=O) groups excluding carboxylic acids is 2. The Hall–Kier alpha value is -3.95. The molecule has 4 heterocycles. The van der Waals surface area contributed by atoms with Crippen LogP contribution in [0, 0.1) is 5.92 Å². The third kappa shape index (κ3) is 4.27. The summed E-state index contributed by atoms with van der Waals surface area (Å²) >= 11 is 0. The summed E-state index contributed by atoms with van der Waals surface area (Å²) in [6.45, 7) is 2.26. The fourth-order valence-corrected chi connectivity index (χ4v) is 5.50. The lowest BCUT2D eigenvalue weighted by atomic mass is 9.92. The molecule has 1 aromatic carbocycles. The minimum atomic E-state index is -0.653. The summed E-state index contributed by atoms with van der Waals surface area (Å²) < 4.78 is 1.65. The summed E-state index contributed by atoms with van der Waals surface area (Å²) in [4.78, 5) is 38.6. The van der Waals surface area contributed by atoms with Crippen LogP contribution in [0.1, 0.15) is 58.0 Å². The fraction of sp³-hybridized carbons (Fsp3) is 0.423. The summed E-state index contributed by atoms with van der Waals surface area (Å²) in [6.07, 6.45) is 9.51. The van der Waals surface area contributed by atoms with Crippen molar-refractivity contribution in [1.29, 1.82) is 0 Å². The molecule has 2 atom stereocenters. The minimum Gasteiger partial charge on any atom is -0.364 e. The van der Waals surface area contributed by atoms with E-state index in [2.05, 4.69) is 32.4 Å². The van der Waals surface area contributed by atoms with E-state index >= 15 is 0 Å². The molecule has 3 N–H and O–H groups in total. The number of piperidine rings is 1. The van der Waals surface area contributed by atoms with Crippen LogP contribution in [0.4, 0.5) is 17.3 Å². The summed E-state index contributed by atoms with van der Waals surface area (Å²) in [6, 6.07) is 8.29. The maximum absolute atomic E-state index is 13.4. The van der Waals surface area contributed by atoms with E-state index in [0.29, 0.717) is 35.7 Å². The van der Waals surface area contributed by atoms with E-state index in [9.17, 15) is 9.59 Å².